The highest BCUT2D eigenvalue weighted by molar-refractivity contribution is 7.91. The average Bonchev–Trinajstić information content (AvgIpc) is 3.29. The third kappa shape index (κ3) is 5.59. The molecule has 39 heavy (non-hydrogen) atoms. The number of nitrogens with zero attached hydrogens (tertiary/aromatic N) is 3. The third-order valence-electron chi connectivity index (χ3n) is 7.29. The van der Waals surface area contributed by atoms with Crippen LogP contribution >= 0.6 is 11.6 Å². The summed E-state index contributed by atoms with van der Waals surface area (Å²) < 4.78 is 45.1. The van der Waals surface area contributed by atoms with Gasteiger partial charge >= 0.3 is 0 Å². The van der Waals surface area contributed by atoms with Crippen LogP contribution in [0.4, 0.5) is 15.9 Å². The molecule has 1 saturated carbocycles. The molecule has 11 heteroatoms. The minimum Gasteiger partial charge on any atom is -0.383 e. The molecular formula is C28H32ClFN6O2S. The van der Waals surface area contributed by atoms with Gasteiger partial charge in [0.1, 0.15) is 17.3 Å². The summed E-state index contributed by atoms with van der Waals surface area (Å²) in [5, 5.41) is 5.85. The number of aromatic nitrogens is 3. The van der Waals surface area contributed by atoms with E-state index in [1.807, 2.05) is 24.7 Å². The third-order valence-corrected chi connectivity index (χ3v) is 8.89. The number of nitrogens with one attached hydrogen (secondary N) is 1. The van der Waals surface area contributed by atoms with Crippen molar-refractivity contribution in [2.45, 2.75) is 63.3 Å². The molecule has 1 aliphatic rings. The zero-order valence-corrected chi connectivity index (χ0v) is 23.4. The fourth-order valence-electron chi connectivity index (χ4n) is 5.29. The van der Waals surface area contributed by atoms with E-state index in [4.69, 9.17) is 28.2 Å². The molecule has 0 unspecified atom stereocenters. The van der Waals surface area contributed by atoms with Gasteiger partial charge < -0.3 is 11.5 Å². The van der Waals surface area contributed by atoms with E-state index in [0.29, 0.717) is 33.0 Å². The van der Waals surface area contributed by atoms with Gasteiger partial charge in [0.15, 0.2) is 0 Å². The molecule has 0 atom stereocenters. The highest BCUT2D eigenvalue weighted by atomic mass is 35.5. The Bertz CT molecular complexity index is 1630. The molecule has 0 amide bonds. The maximum Gasteiger partial charge on any atom is 0.237 e. The molecule has 4 aromatic rings. The highest BCUT2D eigenvalue weighted by Gasteiger charge is 2.27. The Kier molecular flexibility index (Phi) is 7.54. The molecule has 5 N–H and O–H groups in total. The first-order chi connectivity index (χ1) is 18.5. The molecular weight excluding hydrogens is 539 g/mol. The van der Waals surface area contributed by atoms with Crippen LogP contribution in [0.15, 0.2) is 48.7 Å². The lowest BCUT2D eigenvalue weighted by molar-refractivity contribution is 0.395. The second kappa shape index (κ2) is 10.7. The van der Waals surface area contributed by atoms with E-state index in [0.717, 1.165) is 36.8 Å². The Morgan fingerprint density at radius 2 is 1.87 bits per heavy atom. The molecule has 1 aliphatic carbocycles. The average molecular weight is 571 g/mol. The number of hydrogen-bond acceptors (Lipinski definition) is 6. The Balaban J connectivity index is 1.52. The Labute approximate surface area is 232 Å². The summed E-state index contributed by atoms with van der Waals surface area (Å²) in [7, 11) is -3.91. The van der Waals surface area contributed by atoms with Crippen molar-refractivity contribution >= 4 is 44.0 Å². The van der Waals surface area contributed by atoms with Crippen LogP contribution < -0.4 is 16.2 Å². The van der Waals surface area contributed by atoms with Gasteiger partial charge in [-0.1, -0.05) is 35.9 Å². The Morgan fingerprint density at radius 1 is 1.15 bits per heavy atom. The van der Waals surface area contributed by atoms with Crippen LogP contribution in [0.1, 0.15) is 62.6 Å². The zero-order valence-electron chi connectivity index (χ0n) is 21.9. The minimum absolute atomic E-state index is 0.0217. The molecule has 2 aromatic heterocycles. The summed E-state index contributed by atoms with van der Waals surface area (Å²) in [6.45, 7) is 4.07. The number of nitrogens with two attached hydrogens (primary N) is 2. The first-order valence-corrected chi connectivity index (χ1v) is 15.0. The number of benzene rings is 2. The van der Waals surface area contributed by atoms with Crippen molar-refractivity contribution < 1.29 is 12.8 Å². The molecule has 0 saturated heterocycles. The quantitative estimate of drug-likeness (QED) is 0.251. The van der Waals surface area contributed by atoms with Crippen LogP contribution in [-0.2, 0) is 15.8 Å². The van der Waals surface area contributed by atoms with Crippen molar-refractivity contribution in [2.24, 2.45) is 5.73 Å². The number of anilines is 2. The van der Waals surface area contributed by atoms with Crippen molar-refractivity contribution in [1.82, 2.24) is 14.8 Å². The lowest BCUT2D eigenvalue weighted by Gasteiger charge is -2.27. The van der Waals surface area contributed by atoms with Crippen LogP contribution in [0.3, 0.4) is 0 Å². The van der Waals surface area contributed by atoms with E-state index in [2.05, 4.69) is 9.71 Å². The normalized spacial score (nSPS) is 18.1. The second-order valence-electron chi connectivity index (χ2n) is 10.5. The number of nitrogen functional groups attached to an aromatic ring is 1. The van der Waals surface area contributed by atoms with Gasteiger partial charge in [-0.05, 0) is 74.8 Å². The SMILES string of the molecule is CC(C)n1nc(-c2ccc(NS(=O)(=O)Cc3ccccc3Cl)c(F)c2)c2c(N)ncc([C@H]3CC[C@H](N)CC3)c21. The van der Waals surface area contributed by atoms with Crippen molar-refractivity contribution in [1.29, 1.82) is 0 Å². The van der Waals surface area contributed by atoms with Crippen LogP contribution in [-0.4, -0.2) is 29.2 Å². The Hall–Kier alpha value is -3.21. The van der Waals surface area contributed by atoms with Gasteiger partial charge in [-0.25, -0.2) is 17.8 Å². The number of pyridine rings is 1. The van der Waals surface area contributed by atoms with Gasteiger partial charge in [0.2, 0.25) is 10.0 Å². The lowest BCUT2D eigenvalue weighted by atomic mass is 9.82. The van der Waals surface area contributed by atoms with E-state index in [1.165, 1.54) is 12.1 Å². The molecule has 8 nitrogen and oxygen atoms in total. The fraction of sp³-hybridized carbons (Fsp3) is 0.357. The molecule has 0 bridgehead atoms. The topological polar surface area (TPSA) is 129 Å². The van der Waals surface area contributed by atoms with Crippen molar-refractivity contribution in [3.05, 3.63) is 70.6 Å². The predicted octanol–water partition coefficient (Wildman–Crippen LogP) is 5.98. The van der Waals surface area contributed by atoms with Crippen LogP contribution in [0.25, 0.3) is 22.2 Å². The summed E-state index contributed by atoms with van der Waals surface area (Å²) in [5.41, 5.74) is 15.7. The van der Waals surface area contributed by atoms with E-state index in [-0.39, 0.29) is 29.4 Å². The maximum absolute atomic E-state index is 15.3. The molecule has 2 aromatic carbocycles. The van der Waals surface area contributed by atoms with E-state index >= 15 is 4.39 Å². The largest absolute Gasteiger partial charge is 0.383 e. The fourth-order valence-corrected chi connectivity index (χ4v) is 6.81. The van der Waals surface area contributed by atoms with Gasteiger partial charge in [0.25, 0.3) is 0 Å². The van der Waals surface area contributed by atoms with E-state index in [9.17, 15) is 8.42 Å². The van der Waals surface area contributed by atoms with Gasteiger partial charge in [-0.15, -0.1) is 0 Å². The molecule has 1 fully saturated rings. The molecule has 5 rings (SSSR count). The first kappa shape index (κ1) is 27.4. The smallest absolute Gasteiger partial charge is 0.237 e. The van der Waals surface area contributed by atoms with Crippen molar-refractivity contribution in [3.63, 3.8) is 0 Å². The second-order valence-corrected chi connectivity index (χ2v) is 12.6. The summed E-state index contributed by atoms with van der Waals surface area (Å²) >= 11 is 6.11. The molecule has 206 valence electrons. The van der Waals surface area contributed by atoms with Crippen molar-refractivity contribution in [3.8, 4) is 11.3 Å². The van der Waals surface area contributed by atoms with E-state index < -0.39 is 15.8 Å². The van der Waals surface area contributed by atoms with Crippen LogP contribution in [0, 0.1) is 5.82 Å². The maximum atomic E-state index is 15.3. The van der Waals surface area contributed by atoms with Gasteiger partial charge in [-0.3, -0.25) is 9.40 Å². The minimum atomic E-state index is -3.91. The van der Waals surface area contributed by atoms with Gasteiger partial charge in [0.05, 0.1) is 22.3 Å². The number of rotatable bonds is 7. The summed E-state index contributed by atoms with van der Waals surface area (Å²) in [4.78, 5) is 4.49. The molecule has 2 heterocycles. The predicted molar refractivity (Wildman–Crippen MR) is 155 cm³/mol. The molecule has 0 radical (unpaired) electrons. The first-order valence-electron chi connectivity index (χ1n) is 13.0. The number of hydrogen-bond donors (Lipinski definition) is 3. The summed E-state index contributed by atoms with van der Waals surface area (Å²) in [6.07, 6.45) is 5.63. The Morgan fingerprint density at radius 3 is 2.54 bits per heavy atom. The number of sulfonamides is 1. The van der Waals surface area contributed by atoms with Crippen LogP contribution in [0.5, 0.6) is 0 Å². The molecule has 0 spiro atoms. The highest BCUT2D eigenvalue weighted by Crippen LogP contribution is 2.41. The summed E-state index contributed by atoms with van der Waals surface area (Å²) in [5.74, 6) is -0.512. The van der Waals surface area contributed by atoms with Crippen LogP contribution in [0.2, 0.25) is 5.02 Å². The van der Waals surface area contributed by atoms with Crippen molar-refractivity contribution in [2.75, 3.05) is 10.5 Å². The number of fused-ring (bicyclic) bond motifs is 1. The van der Waals surface area contributed by atoms with Gasteiger partial charge in [-0.2, -0.15) is 5.10 Å². The summed E-state index contributed by atoms with van der Waals surface area (Å²) in [6, 6.07) is 11.2. The number of halogens is 2. The van der Waals surface area contributed by atoms with E-state index in [1.54, 1.807) is 30.3 Å². The standard InChI is InChI=1S/C28H32ClFN6O2S/c1-16(2)36-27-21(17-7-10-20(31)11-8-17)14-33-28(32)25(27)26(34-36)18-9-12-24(23(30)13-18)35-39(37,38)15-19-5-3-4-6-22(19)29/h3-6,9,12-14,16-17,20,35H,7-8,10-11,15,31H2,1-2H3,(H2,32,33)/t17-,20-. The monoisotopic (exact) mass is 570 g/mol. The molecule has 0 aliphatic heterocycles. The van der Waals surface area contributed by atoms with Gasteiger partial charge in [0, 0.05) is 28.9 Å². The zero-order chi connectivity index (χ0) is 27.9. The lowest BCUT2D eigenvalue weighted by Crippen LogP contribution is -2.26.